The molecule has 0 amide bonds. The molecule has 0 spiro atoms. The third-order valence-electron chi connectivity index (χ3n) is 2.49. The van der Waals surface area contributed by atoms with Gasteiger partial charge in [0.25, 0.3) is 0 Å². The quantitative estimate of drug-likeness (QED) is 0.796. The van der Waals surface area contributed by atoms with Gasteiger partial charge in [0, 0.05) is 11.9 Å². The highest BCUT2D eigenvalue weighted by molar-refractivity contribution is 7.14. The number of nitrogens with one attached hydrogen (secondary N) is 2. The van der Waals surface area contributed by atoms with Crippen LogP contribution in [0.1, 0.15) is 12.8 Å². The molecule has 6 heteroatoms. The molecule has 1 saturated heterocycles. The van der Waals surface area contributed by atoms with Crippen LogP contribution in [0.15, 0.2) is 5.38 Å². The number of piperidine rings is 1. The number of hydrogen-bond acceptors (Lipinski definition) is 5. The highest BCUT2D eigenvalue weighted by atomic mass is 35.5. The minimum absolute atomic E-state index is 0.419. The Morgan fingerprint density at radius 3 is 3.06 bits per heavy atom. The maximum atomic E-state index is 5.75. The topological polar surface area (TPSA) is 46.2 Å². The van der Waals surface area contributed by atoms with Crippen molar-refractivity contribution in [3.63, 3.8) is 0 Å². The second kappa shape index (κ2) is 6.39. The summed E-state index contributed by atoms with van der Waals surface area (Å²) in [6, 6.07) is 0. The molecule has 1 aliphatic rings. The third-order valence-corrected chi connectivity index (χ3v) is 3.62. The first kappa shape index (κ1) is 12.1. The fourth-order valence-electron chi connectivity index (χ4n) is 1.68. The molecule has 0 radical (unpaired) electrons. The number of ether oxygens (including phenoxy) is 1. The van der Waals surface area contributed by atoms with Crippen molar-refractivity contribution in [1.82, 2.24) is 10.3 Å². The molecular weight excluding hydrogens is 246 g/mol. The van der Waals surface area contributed by atoms with Crippen LogP contribution in [0.5, 0.6) is 0 Å². The molecule has 0 aliphatic carbocycles. The summed E-state index contributed by atoms with van der Waals surface area (Å²) in [5, 5.41) is 9.73. The normalized spacial score (nSPS) is 17.6. The van der Waals surface area contributed by atoms with E-state index < -0.39 is 0 Å². The number of hydrogen-bond donors (Lipinski definition) is 2. The van der Waals surface area contributed by atoms with Gasteiger partial charge in [-0.3, -0.25) is 0 Å². The van der Waals surface area contributed by atoms with Crippen LogP contribution in [0, 0.1) is 0 Å². The van der Waals surface area contributed by atoms with Crippen molar-refractivity contribution in [1.29, 1.82) is 0 Å². The average molecular weight is 262 g/mol. The van der Waals surface area contributed by atoms with Crippen molar-refractivity contribution in [2.24, 2.45) is 0 Å². The molecule has 1 aromatic heterocycles. The zero-order valence-electron chi connectivity index (χ0n) is 9.04. The van der Waals surface area contributed by atoms with Crippen LogP contribution in [0.2, 0.25) is 5.15 Å². The lowest BCUT2D eigenvalue weighted by molar-refractivity contribution is 0.0394. The van der Waals surface area contributed by atoms with E-state index in [4.69, 9.17) is 16.3 Å². The Kier molecular flexibility index (Phi) is 4.84. The van der Waals surface area contributed by atoms with Crippen LogP contribution in [0.4, 0.5) is 5.13 Å². The number of thiazole rings is 1. The lowest BCUT2D eigenvalue weighted by atomic mass is 10.1. The molecule has 0 aromatic carbocycles. The summed E-state index contributed by atoms with van der Waals surface area (Å²) >= 11 is 7.23. The van der Waals surface area contributed by atoms with Crippen molar-refractivity contribution in [3.05, 3.63) is 10.5 Å². The highest BCUT2D eigenvalue weighted by Crippen LogP contribution is 2.18. The minimum Gasteiger partial charge on any atom is -0.376 e. The van der Waals surface area contributed by atoms with E-state index in [1.54, 1.807) is 0 Å². The molecule has 1 aliphatic heterocycles. The van der Waals surface area contributed by atoms with Gasteiger partial charge in [0.05, 0.1) is 12.7 Å². The monoisotopic (exact) mass is 261 g/mol. The fourth-order valence-corrected chi connectivity index (χ4v) is 2.55. The van der Waals surface area contributed by atoms with Crippen LogP contribution in [0.25, 0.3) is 0 Å². The molecule has 2 rings (SSSR count). The summed E-state index contributed by atoms with van der Waals surface area (Å²) in [6.07, 6.45) is 2.65. The van der Waals surface area contributed by atoms with Gasteiger partial charge < -0.3 is 15.4 Å². The van der Waals surface area contributed by atoms with Crippen LogP contribution >= 0.6 is 22.9 Å². The molecule has 1 aromatic rings. The van der Waals surface area contributed by atoms with Crippen LogP contribution in [0.3, 0.4) is 0 Å². The Morgan fingerprint density at radius 1 is 1.56 bits per heavy atom. The number of aromatic nitrogens is 1. The second-order valence-electron chi connectivity index (χ2n) is 3.72. The van der Waals surface area contributed by atoms with E-state index in [0.717, 1.165) is 44.2 Å². The molecule has 1 fully saturated rings. The number of nitrogens with zero attached hydrogens (tertiary/aromatic N) is 1. The minimum atomic E-state index is 0.419. The molecule has 0 unspecified atom stereocenters. The van der Waals surface area contributed by atoms with E-state index >= 15 is 0 Å². The van der Waals surface area contributed by atoms with Crippen molar-refractivity contribution < 1.29 is 4.74 Å². The summed E-state index contributed by atoms with van der Waals surface area (Å²) in [5.41, 5.74) is 0. The van der Waals surface area contributed by atoms with Crippen molar-refractivity contribution in [2.75, 3.05) is 31.6 Å². The first-order valence-electron chi connectivity index (χ1n) is 5.52. The summed E-state index contributed by atoms with van der Waals surface area (Å²) in [4.78, 5) is 4.10. The SMILES string of the molecule is Clc1csc(NCCOC2CCNCC2)n1. The molecule has 4 nitrogen and oxygen atoms in total. The van der Waals surface area contributed by atoms with Gasteiger partial charge in [0.15, 0.2) is 5.13 Å². The van der Waals surface area contributed by atoms with E-state index in [1.165, 1.54) is 11.3 Å². The van der Waals surface area contributed by atoms with Gasteiger partial charge in [-0.2, -0.15) is 0 Å². The lowest BCUT2D eigenvalue weighted by Gasteiger charge is -2.22. The van der Waals surface area contributed by atoms with E-state index in [-0.39, 0.29) is 0 Å². The van der Waals surface area contributed by atoms with E-state index in [2.05, 4.69) is 15.6 Å². The molecular formula is C10H16ClN3OS. The maximum Gasteiger partial charge on any atom is 0.184 e. The van der Waals surface area contributed by atoms with Gasteiger partial charge in [-0.15, -0.1) is 11.3 Å². The number of anilines is 1. The number of halogens is 1. The maximum absolute atomic E-state index is 5.75. The summed E-state index contributed by atoms with van der Waals surface area (Å²) in [7, 11) is 0. The molecule has 0 saturated carbocycles. The smallest absolute Gasteiger partial charge is 0.184 e. The van der Waals surface area contributed by atoms with E-state index in [9.17, 15) is 0 Å². The molecule has 0 atom stereocenters. The van der Waals surface area contributed by atoms with Crippen LogP contribution in [-0.2, 0) is 4.74 Å². The first-order valence-corrected chi connectivity index (χ1v) is 6.77. The van der Waals surface area contributed by atoms with Crippen LogP contribution in [-0.4, -0.2) is 37.3 Å². The Labute approximate surface area is 104 Å². The summed E-state index contributed by atoms with van der Waals surface area (Å²) < 4.78 is 5.75. The Hall–Kier alpha value is -0.360. The van der Waals surface area contributed by atoms with Crippen molar-refractivity contribution >= 4 is 28.1 Å². The predicted octanol–water partition coefficient (Wildman–Crippen LogP) is 1.98. The summed E-state index contributed by atoms with van der Waals surface area (Å²) in [6.45, 7) is 3.65. The third kappa shape index (κ3) is 3.90. The Balaban J connectivity index is 1.57. The zero-order valence-corrected chi connectivity index (χ0v) is 10.6. The molecule has 0 bridgehead atoms. The van der Waals surface area contributed by atoms with Gasteiger partial charge in [-0.05, 0) is 25.9 Å². The summed E-state index contributed by atoms with van der Waals surface area (Å²) in [5.74, 6) is 0. The first-order chi connectivity index (χ1) is 7.84. The van der Waals surface area contributed by atoms with Crippen molar-refractivity contribution in [2.45, 2.75) is 18.9 Å². The molecule has 2 heterocycles. The lowest BCUT2D eigenvalue weighted by Crippen LogP contribution is -2.33. The number of rotatable bonds is 5. The Bertz CT molecular complexity index is 315. The van der Waals surface area contributed by atoms with Gasteiger partial charge in [0.1, 0.15) is 5.15 Å². The van der Waals surface area contributed by atoms with E-state index in [1.807, 2.05) is 5.38 Å². The van der Waals surface area contributed by atoms with E-state index in [0.29, 0.717) is 11.3 Å². The molecule has 90 valence electrons. The Morgan fingerprint density at radius 2 is 2.38 bits per heavy atom. The van der Waals surface area contributed by atoms with Gasteiger partial charge in [-0.1, -0.05) is 11.6 Å². The van der Waals surface area contributed by atoms with Gasteiger partial charge in [-0.25, -0.2) is 4.98 Å². The fraction of sp³-hybridized carbons (Fsp3) is 0.700. The van der Waals surface area contributed by atoms with Gasteiger partial charge >= 0.3 is 0 Å². The van der Waals surface area contributed by atoms with Crippen LogP contribution < -0.4 is 10.6 Å². The second-order valence-corrected chi connectivity index (χ2v) is 4.97. The predicted molar refractivity (Wildman–Crippen MR) is 67.5 cm³/mol. The standard InChI is InChI=1S/C10H16ClN3OS/c11-9-7-16-10(14-9)13-5-6-15-8-1-3-12-4-2-8/h7-8,12H,1-6H2,(H,13,14). The molecule has 2 N–H and O–H groups in total. The average Bonchev–Trinajstić information content (AvgIpc) is 2.72. The van der Waals surface area contributed by atoms with Crippen molar-refractivity contribution in [3.8, 4) is 0 Å². The molecule has 16 heavy (non-hydrogen) atoms. The highest BCUT2D eigenvalue weighted by Gasteiger charge is 2.12. The largest absolute Gasteiger partial charge is 0.376 e. The van der Waals surface area contributed by atoms with Gasteiger partial charge in [0.2, 0.25) is 0 Å². The zero-order chi connectivity index (χ0) is 11.2.